The van der Waals surface area contributed by atoms with Crippen LogP contribution in [0.4, 0.5) is 0 Å². The minimum atomic E-state index is -3.46. The Morgan fingerprint density at radius 2 is 2.19 bits per heavy atom. The molecule has 6 nitrogen and oxygen atoms in total. The Labute approximate surface area is 124 Å². The molecule has 1 atom stereocenters. The zero-order valence-corrected chi connectivity index (χ0v) is 12.7. The maximum atomic E-state index is 12.6. The number of hydrogen-bond acceptors (Lipinski definition) is 4. The average Bonchev–Trinajstić information content (AvgIpc) is 2.99. The van der Waals surface area contributed by atoms with Gasteiger partial charge < -0.3 is 0 Å². The van der Waals surface area contributed by atoms with Crippen molar-refractivity contribution in [3.63, 3.8) is 0 Å². The lowest BCUT2D eigenvalue weighted by Gasteiger charge is -2.29. The summed E-state index contributed by atoms with van der Waals surface area (Å²) in [4.78, 5) is 4.39. The molecule has 7 heteroatoms. The van der Waals surface area contributed by atoms with Crippen LogP contribution in [0.15, 0.2) is 41.7 Å². The minimum Gasteiger partial charge on any atom is -0.237 e. The van der Waals surface area contributed by atoms with Gasteiger partial charge in [0.1, 0.15) is 4.90 Å². The van der Waals surface area contributed by atoms with E-state index in [0.29, 0.717) is 24.8 Å². The minimum absolute atomic E-state index is 0.224. The van der Waals surface area contributed by atoms with Crippen molar-refractivity contribution in [2.45, 2.75) is 24.7 Å². The Hall–Kier alpha value is -1.73. The summed E-state index contributed by atoms with van der Waals surface area (Å²) in [5.41, 5.74) is 0. The highest BCUT2D eigenvalue weighted by Crippen LogP contribution is 2.23. The summed E-state index contributed by atoms with van der Waals surface area (Å²) >= 11 is 0. The van der Waals surface area contributed by atoms with E-state index >= 15 is 0 Å². The van der Waals surface area contributed by atoms with Crippen LogP contribution in [0.5, 0.6) is 0 Å². The zero-order valence-electron chi connectivity index (χ0n) is 11.9. The molecule has 2 aromatic heterocycles. The van der Waals surface area contributed by atoms with Gasteiger partial charge in [-0.05, 0) is 30.9 Å². The lowest BCUT2D eigenvalue weighted by atomic mass is 10.0. The molecule has 0 N–H and O–H groups in total. The molecule has 0 spiro atoms. The first kappa shape index (κ1) is 14.2. The van der Waals surface area contributed by atoms with Crippen molar-refractivity contribution >= 4 is 10.0 Å². The summed E-state index contributed by atoms with van der Waals surface area (Å²) in [6.07, 6.45) is 6.56. The van der Waals surface area contributed by atoms with E-state index in [1.807, 2.05) is 6.07 Å². The monoisotopic (exact) mass is 306 g/mol. The van der Waals surface area contributed by atoms with E-state index in [1.54, 1.807) is 22.6 Å². The van der Waals surface area contributed by atoms with Crippen LogP contribution in [0, 0.1) is 5.92 Å². The lowest BCUT2D eigenvalue weighted by molar-refractivity contribution is 0.281. The second-order valence-electron chi connectivity index (χ2n) is 5.42. The maximum Gasteiger partial charge on any atom is 0.246 e. The van der Waals surface area contributed by atoms with Crippen LogP contribution in [0.25, 0.3) is 5.82 Å². The van der Waals surface area contributed by atoms with Gasteiger partial charge in [0, 0.05) is 19.3 Å². The van der Waals surface area contributed by atoms with Crippen LogP contribution in [-0.4, -0.2) is 40.6 Å². The smallest absolute Gasteiger partial charge is 0.237 e. The molecular weight excluding hydrogens is 288 g/mol. The predicted octanol–water partition coefficient (Wildman–Crippen LogP) is 1.69. The van der Waals surface area contributed by atoms with Gasteiger partial charge in [0.05, 0.1) is 12.4 Å². The largest absolute Gasteiger partial charge is 0.246 e. The van der Waals surface area contributed by atoms with Crippen molar-refractivity contribution < 1.29 is 8.42 Å². The van der Waals surface area contributed by atoms with Gasteiger partial charge in [0.2, 0.25) is 10.0 Å². The molecule has 0 aliphatic carbocycles. The lowest BCUT2D eigenvalue weighted by Crippen LogP contribution is -2.38. The first-order valence-corrected chi connectivity index (χ1v) is 8.47. The molecule has 0 aromatic carbocycles. The normalized spacial score (nSPS) is 20.5. The van der Waals surface area contributed by atoms with Gasteiger partial charge in [-0.25, -0.2) is 18.1 Å². The van der Waals surface area contributed by atoms with Crippen LogP contribution in [0.2, 0.25) is 0 Å². The molecule has 0 bridgehead atoms. The van der Waals surface area contributed by atoms with Gasteiger partial charge in [0.25, 0.3) is 0 Å². The quantitative estimate of drug-likeness (QED) is 0.865. The predicted molar refractivity (Wildman–Crippen MR) is 78.5 cm³/mol. The van der Waals surface area contributed by atoms with E-state index < -0.39 is 10.0 Å². The van der Waals surface area contributed by atoms with E-state index in [2.05, 4.69) is 17.0 Å². The maximum absolute atomic E-state index is 12.6. The third-order valence-corrected chi connectivity index (χ3v) is 5.52. The molecule has 1 saturated heterocycles. The summed E-state index contributed by atoms with van der Waals surface area (Å²) in [7, 11) is -3.46. The zero-order chi connectivity index (χ0) is 14.9. The van der Waals surface area contributed by atoms with Crippen LogP contribution in [0.3, 0.4) is 0 Å². The highest BCUT2D eigenvalue weighted by atomic mass is 32.2. The van der Waals surface area contributed by atoms with Crippen molar-refractivity contribution in [3.8, 4) is 5.82 Å². The number of aromatic nitrogens is 3. The van der Waals surface area contributed by atoms with Crippen molar-refractivity contribution in [1.29, 1.82) is 0 Å². The second-order valence-corrected chi connectivity index (χ2v) is 7.36. The summed E-state index contributed by atoms with van der Waals surface area (Å²) in [5, 5.41) is 4.11. The Morgan fingerprint density at radius 3 is 2.90 bits per heavy atom. The molecule has 112 valence electrons. The third kappa shape index (κ3) is 2.84. The molecule has 1 fully saturated rings. The van der Waals surface area contributed by atoms with Crippen molar-refractivity contribution in [1.82, 2.24) is 19.1 Å². The van der Waals surface area contributed by atoms with Gasteiger partial charge in [-0.1, -0.05) is 13.0 Å². The molecule has 1 aliphatic heterocycles. The van der Waals surface area contributed by atoms with Crippen molar-refractivity contribution in [3.05, 3.63) is 36.8 Å². The molecule has 3 heterocycles. The van der Waals surface area contributed by atoms with Crippen LogP contribution < -0.4 is 0 Å². The molecule has 0 saturated carbocycles. The molecule has 2 aromatic rings. The number of hydrogen-bond donors (Lipinski definition) is 0. The SMILES string of the molecule is C[C@H]1CCCN(S(=O)(=O)c2cnn(-c3ccccn3)c2)C1. The van der Waals surface area contributed by atoms with Gasteiger partial charge in [-0.3, -0.25) is 0 Å². The molecule has 1 aliphatic rings. The number of piperidine rings is 1. The van der Waals surface area contributed by atoms with E-state index in [4.69, 9.17) is 0 Å². The third-order valence-electron chi connectivity index (χ3n) is 3.70. The standard InChI is InChI=1S/C14H18N4O2S/c1-12-5-4-8-17(10-12)21(19,20)13-9-16-18(11-13)14-6-2-3-7-15-14/h2-3,6-7,9,11-12H,4-5,8,10H2,1H3/t12-/m0/s1. The van der Waals surface area contributed by atoms with E-state index in [0.717, 1.165) is 12.8 Å². The molecule has 0 amide bonds. The molecule has 21 heavy (non-hydrogen) atoms. The van der Waals surface area contributed by atoms with Crippen molar-refractivity contribution in [2.24, 2.45) is 5.92 Å². The number of pyridine rings is 1. The van der Waals surface area contributed by atoms with Gasteiger partial charge in [-0.2, -0.15) is 9.40 Å². The summed E-state index contributed by atoms with van der Waals surface area (Å²) in [6.45, 7) is 3.25. The fourth-order valence-electron chi connectivity index (χ4n) is 2.57. The van der Waals surface area contributed by atoms with Crippen molar-refractivity contribution in [2.75, 3.05) is 13.1 Å². The second kappa shape index (κ2) is 5.57. The van der Waals surface area contributed by atoms with Crippen LogP contribution >= 0.6 is 0 Å². The average molecular weight is 306 g/mol. The Morgan fingerprint density at radius 1 is 1.33 bits per heavy atom. The topological polar surface area (TPSA) is 68.1 Å². The first-order chi connectivity index (χ1) is 10.1. The van der Waals surface area contributed by atoms with Gasteiger partial charge in [-0.15, -0.1) is 0 Å². The fraction of sp³-hybridized carbons (Fsp3) is 0.429. The van der Waals surface area contributed by atoms with E-state index in [9.17, 15) is 8.42 Å². The number of rotatable bonds is 3. The fourth-order valence-corrected chi connectivity index (χ4v) is 4.10. The number of sulfonamides is 1. The first-order valence-electron chi connectivity index (χ1n) is 7.03. The Bertz CT molecular complexity index is 712. The highest BCUT2D eigenvalue weighted by Gasteiger charge is 2.29. The summed E-state index contributed by atoms with van der Waals surface area (Å²) in [5.74, 6) is 1.00. The van der Waals surface area contributed by atoms with Crippen LogP contribution in [-0.2, 0) is 10.0 Å². The van der Waals surface area contributed by atoms with Crippen LogP contribution in [0.1, 0.15) is 19.8 Å². The molecule has 3 rings (SSSR count). The Kier molecular flexibility index (Phi) is 3.77. The highest BCUT2D eigenvalue weighted by molar-refractivity contribution is 7.89. The Balaban J connectivity index is 1.88. The summed E-state index contributed by atoms with van der Waals surface area (Å²) < 4.78 is 28.3. The van der Waals surface area contributed by atoms with E-state index in [-0.39, 0.29) is 4.90 Å². The van der Waals surface area contributed by atoms with Gasteiger partial charge in [0.15, 0.2) is 5.82 Å². The van der Waals surface area contributed by atoms with E-state index in [1.165, 1.54) is 17.1 Å². The molecule has 0 unspecified atom stereocenters. The molecule has 0 radical (unpaired) electrons. The number of nitrogens with zero attached hydrogens (tertiary/aromatic N) is 4. The molecular formula is C14H18N4O2S. The van der Waals surface area contributed by atoms with Gasteiger partial charge >= 0.3 is 0 Å². The summed E-state index contributed by atoms with van der Waals surface area (Å²) in [6, 6.07) is 5.43.